The molecule has 0 aliphatic carbocycles. The molecule has 5 heteroatoms. The lowest BCUT2D eigenvalue weighted by molar-refractivity contribution is 1.28. The average molecular weight is 309 g/mol. The molecular weight excluding hydrogens is 302 g/mol. The molecule has 17 heavy (non-hydrogen) atoms. The van der Waals surface area contributed by atoms with E-state index in [1.165, 1.54) is 0 Å². The van der Waals surface area contributed by atoms with E-state index in [0.29, 0.717) is 5.02 Å². The summed E-state index contributed by atoms with van der Waals surface area (Å²) in [6.45, 7) is 0. The van der Waals surface area contributed by atoms with Crippen molar-refractivity contribution in [2.75, 3.05) is 0 Å². The largest absolute Gasteiger partial charge is 0.345 e. The summed E-state index contributed by atoms with van der Waals surface area (Å²) in [6.07, 6.45) is 3.52. The van der Waals surface area contributed by atoms with Gasteiger partial charge in [0, 0.05) is 23.3 Å². The first-order valence-corrected chi connectivity index (χ1v) is 6.17. The molecule has 84 valence electrons. The van der Waals surface area contributed by atoms with Crippen molar-refractivity contribution >= 4 is 38.6 Å². The minimum absolute atomic E-state index is 0.619. The first kappa shape index (κ1) is 10.7. The number of pyridine rings is 2. The van der Waals surface area contributed by atoms with Crippen LogP contribution in [0.3, 0.4) is 0 Å². The van der Waals surface area contributed by atoms with E-state index >= 15 is 0 Å². The highest BCUT2D eigenvalue weighted by molar-refractivity contribution is 9.10. The Morgan fingerprint density at radius 3 is 3.00 bits per heavy atom. The van der Waals surface area contributed by atoms with Crippen LogP contribution in [0.4, 0.5) is 0 Å². The molecule has 0 aliphatic heterocycles. The molecular formula is C12H7BrClN3. The van der Waals surface area contributed by atoms with Gasteiger partial charge >= 0.3 is 0 Å². The monoisotopic (exact) mass is 307 g/mol. The average Bonchev–Trinajstić information content (AvgIpc) is 2.71. The third kappa shape index (κ3) is 1.94. The van der Waals surface area contributed by atoms with Gasteiger partial charge < -0.3 is 4.98 Å². The maximum atomic E-state index is 5.96. The van der Waals surface area contributed by atoms with Gasteiger partial charge in [-0.15, -0.1) is 0 Å². The zero-order chi connectivity index (χ0) is 11.8. The number of hydrogen-bond donors (Lipinski definition) is 1. The van der Waals surface area contributed by atoms with Crippen LogP contribution >= 0.6 is 27.5 Å². The highest BCUT2D eigenvalue weighted by atomic mass is 79.9. The van der Waals surface area contributed by atoms with Crippen molar-refractivity contribution in [1.82, 2.24) is 15.0 Å². The molecule has 3 aromatic rings. The van der Waals surface area contributed by atoms with Gasteiger partial charge in [0.05, 0.1) is 10.7 Å². The lowest BCUT2D eigenvalue weighted by atomic mass is 10.1. The molecule has 3 nitrogen and oxygen atoms in total. The van der Waals surface area contributed by atoms with Gasteiger partial charge in [0.1, 0.15) is 10.3 Å². The van der Waals surface area contributed by atoms with E-state index in [2.05, 4.69) is 30.9 Å². The fraction of sp³-hybridized carbons (Fsp3) is 0. The summed E-state index contributed by atoms with van der Waals surface area (Å²) in [6, 6.07) is 7.68. The Morgan fingerprint density at radius 2 is 2.18 bits per heavy atom. The topological polar surface area (TPSA) is 41.6 Å². The molecule has 0 aromatic carbocycles. The second-order valence-corrected chi connectivity index (χ2v) is 4.85. The smallest absolute Gasteiger partial charge is 0.138 e. The maximum Gasteiger partial charge on any atom is 0.138 e. The maximum absolute atomic E-state index is 5.96. The standard InChI is InChI=1S/C12H7BrClN3/c13-11-3-1-2-10(17-11)9-6-16-12-8(9)4-7(14)5-15-12/h1-6H,(H,15,16). The molecule has 3 rings (SSSR count). The summed E-state index contributed by atoms with van der Waals surface area (Å²) in [5, 5.41) is 1.59. The van der Waals surface area contributed by atoms with E-state index < -0.39 is 0 Å². The van der Waals surface area contributed by atoms with E-state index in [4.69, 9.17) is 11.6 Å². The van der Waals surface area contributed by atoms with E-state index in [-0.39, 0.29) is 0 Å². The zero-order valence-electron chi connectivity index (χ0n) is 8.61. The molecule has 0 atom stereocenters. The molecule has 0 unspecified atom stereocenters. The molecule has 0 spiro atoms. The minimum Gasteiger partial charge on any atom is -0.345 e. The number of nitrogens with one attached hydrogen (secondary N) is 1. The Labute approximate surface area is 111 Å². The van der Waals surface area contributed by atoms with Crippen LogP contribution in [0.1, 0.15) is 0 Å². The van der Waals surface area contributed by atoms with Crippen molar-refractivity contribution in [1.29, 1.82) is 0 Å². The summed E-state index contributed by atoms with van der Waals surface area (Å²) in [4.78, 5) is 11.8. The van der Waals surface area contributed by atoms with Gasteiger partial charge in [-0.2, -0.15) is 0 Å². The Kier molecular flexibility index (Phi) is 2.61. The Bertz CT molecular complexity index is 693. The number of halogens is 2. The van der Waals surface area contributed by atoms with Crippen molar-refractivity contribution in [3.05, 3.63) is 46.3 Å². The number of fused-ring (bicyclic) bond motifs is 1. The lowest BCUT2D eigenvalue weighted by Crippen LogP contribution is -1.82. The fourth-order valence-electron chi connectivity index (χ4n) is 1.75. The second-order valence-electron chi connectivity index (χ2n) is 3.60. The van der Waals surface area contributed by atoms with Gasteiger partial charge in [0.25, 0.3) is 0 Å². The molecule has 3 heterocycles. The van der Waals surface area contributed by atoms with Crippen LogP contribution in [0, 0.1) is 0 Å². The molecule has 1 N–H and O–H groups in total. The van der Waals surface area contributed by atoms with Gasteiger partial charge in [-0.25, -0.2) is 9.97 Å². The molecule has 0 amide bonds. The van der Waals surface area contributed by atoms with E-state index in [1.54, 1.807) is 6.20 Å². The fourth-order valence-corrected chi connectivity index (χ4v) is 2.25. The van der Waals surface area contributed by atoms with Crippen molar-refractivity contribution in [3.63, 3.8) is 0 Å². The Balaban J connectivity index is 2.27. The summed E-state index contributed by atoms with van der Waals surface area (Å²) in [7, 11) is 0. The third-order valence-corrected chi connectivity index (χ3v) is 3.14. The first-order chi connectivity index (χ1) is 8.24. The van der Waals surface area contributed by atoms with Crippen molar-refractivity contribution in [3.8, 4) is 11.3 Å². The molecule has 0 aliphatic rings. The molecule has 0 radical (unpaired) electrons. The summed E-state index contributed by atoms with van der Waals surface area (Å²) >= 11 is 9.32. The number of hydrogen-bond acceptors (Lipinski definition) is 2. The van der Waals surface area contributed by atoms with Crippen LogP contribution < -0.4 is 0 Å². The first-order valence-electron chi connectivity index (χ1n) is 4.99. The summed E-state index contributed by atoms with van der Waals surface area (Å²) in [5.74, 6) is 0. The quantitative estimate of drug-likeness (QED) is 0.689. The SMILES string of the molecule is Clc1cnc2[nH]cc(-c3cccc(Br)n3)c2c1. The van der Waals surface area contributed by atoms with Crippen LogP contribution in [0.25, 0.3) is 22.3 Å². The molecule has 0 saturated heterocycles. The van der Waals surface area contributed by atoms with Crippen molar-refractivity contribution in [2.24, 2.45) is 0 Å². The third-order valence-electron chi connectivity index (χ3n) is 2.49. The Morgan fingerprint density at radius 1 is 1.29 bits per heavy atom. The molecule has 0 saturated carbocycles. The van der Waals surface area contributed by atoms with E-state index in [0.717, 1.165) is 26.9 Å². The predicted molar refractivity (Wildman–Crippen MR) is 72.0 cm³/mol. The van der Waals surface area contributed by atoms with Gasteiger partial charge in [-0.3, -0.25) is 0 Å². The van der Waals surface area contributed by atoms with Crippen LogP contribution in [0.15, 0.2) is 41.3 Å². The van der Waals surface area contributed by atoms with Gasteiger partial charge in [0.2, 0.25) is 0 Å². The predicted octanol–water partition coefficient (Wildman–Crippen LogP) is 4.04. The van der Waals surface area contributed by atoms with Crippen LogP contribution in [0.2, 0.25) is 5.02 Å². The highest BCUT2D eigenvalue weighted by Gasteiger charge is 2.08. The normalized spacial score (nSPS) is 10.9. The molecule has 3 aromatic heterocycles. The summed E-state index contributed by atoms with van der Waals surface area (Å²) < 4.78 is 0.805. The van der Waals surface area contributed by atoms with Crippen molar-refractivity contribution < 1.29 is 0 Å². The molecule has 0 bridgehead atoms. The molecule has 0 fully saturated rings. The minimum atomic E-state index is 0.619. The second kappa shape index (κ2) is 4.13. The number of H-pyrrole nitrogens is 1. The summed E-state index contributed by atoms with van der Waals surface area (Å²) in [5.41, 5.74) is 2.69. The van der Waals surface area contributed by atoms with Crippen LogP contribution in [-0.4, -0.2) is 15.0 Å². The number of rotatable bonds is 1. The Hall–Kier alpha value is -1.39. The van der Waals surface area contributed by atoms with Crippen molar-refractivity contribution in [2.45, 2.75) is 0 Å². The van der Waals surface area contributed by atoms with Gasteiger partial charge in [-0.05, 0) is 34.1 Å². The number of aromatic amines is 1. The highest BCUT2D eigenvalue weighted by Crippen LogP contribution is 2.28. The van der Waals surface area contributed by atoms with E-state index in [9.17, 15) is 0 Å². The van der Waals surface area contributed by atoms with Crippen LogP contribution in [0.5, 0.6) is 0 Å². The van der Waals surface area contributed by atoms with E-state index in [1.807, 2.05) is 30.5 Å². The zero-order valence-corrected chi connectivity index (χ0v) is 11.0. The van der Waals surface area contributed by atoms with Gasteiger partial charge in [0.15, 0.2) is 0 Å². The lowest BCUT2D eigenvalue weighted by Gasteiger charge is -1.99. The van der Waals surface area contributed by atoms with Gasteiger partial charge in [-0.1, -0.05) is 17.7 Å². The number of nitrogens with zero attached hydrogens (tertiary/aromatic N) is 2. The number of aromatic nitrogens is 3. The van der Waals surface area contributed by atoms with Crippen LogP contribution in [-0.2, 0) is 0 Å².